The fraction of sp³-hybridized carbons (Fsp3) is 0.733. The third-order valence-electron chi connectivity index (χ3n) is 4.25. The smallest absolute Gasteiger partial charge is 0.144 e. The number of nitrogens with one attached hydrogen (secondary N) is 1. The van der Waals surface area contributed by atoms with Crippen molar-refractivity contribution in [2.75, 3.05) is 11.9 Å². The van der Waals surface area contributed by atoms with Crippen LogP contribution in [0.1, 0.15) is 57.0 Å². The molecule has 5 heteroatoms. The van der Waals surface area contributed by atoms with Crippen molar-refractivity contribution >= 4 is 21.7 Å². The van der Waals surface area contributed by atoms with Crippen LogP contribution in [0.2, 0.25) is 0 Å². The Kier molecular flexibility index (Phi) is 4.26. The fourth-order valence-electron chi connectivity index (χ4n) is 3.18. The molecule has 0 saturated carbocycles. The zero-order chi connectivity index (χ0) is 14.1. The number of hydrogen-bond acceptors (Lipinski definition) is 4. The molecule has 2 fully saturated rings. The number of hydrogen-bond donors (Lipinski definition) is 1. The summed E-state index contributed by atoms with van der Waals surface area (Å²) in [4.78, 5) is 9.55. The highest BCUT2D eigenvalue weighted by Crippen LogP contribution is 2.44. The van der Waals surface area contributed by atoms with Crippen molar-refractivity contribution in [3.63, 3.8) is 0 Å². The molecule has 0 spiro atoms. The number of anilines is 1. The quantitative estimate of drug-likeness (QED) is 0.889. The monoisotopic (exact) mass is 339 g/mol. The van der Waals surface area contributed by atoms with E-state index in [0.29, 0.717) is 18.1 Å². The molecule has 1 aromatic heterocycles. The Bertz CT molecular complexity index is 494. The van der Waals surface area contributed by atoms with Crippen molar-refractivity contribution in [1.29, 1.82) is 0 Å². The highest BCUT2D eigenvalue weighted by molar-refractivity contribution is 9.10. The van der Waals surface area contributed by atoms with E-state index in [4.69, 9.17) is 14.7 Å². The molecule has 1 N–H and O–H groups in total. The van der Waals surface area contributed by atoms with Crippen LogP contribution in [-0.2, 0) is 11.2 Å². The Morgan fingerprint density at radius 2 is 2.15 bits per heavy atom. The van der Waals surface area contributed by atoms with Crippen LogP contribution in [0.5, 0.6) is 0 Å². The van der Waals surface area contributed by atoms with Gasteiger partial charge in [0, 0.05) is 12.5 Å². The number of ether oxygens (including phenoxy) is 1. The summed E-state index contributed by atoms with van der Waals surface area (Å²) in [5.41, 5.74) is 1.09. The van der Waals surface area contributed by atoms with Gasteiger partial charge in [0.1, 0.15) is 11.6 Å². The average molecular weight is 340 g/mol. The van der Waals surface area contributed by atoms with E-state index in [0.717, 1.165) is 54.0 Å². The van der Waals surface area contributed by atoms with Crippen LogP contribution in [0.3, 0.4) is 0 Å². The van der Waals surface area contributed by atoms with Crippen molar-refractivity contribution < 1.29 is 4.74 Å². The van der Waals surface area contributed by atoms with E-state index in [-0.39, 0.29) is 0 Å². The second kappa shape index (κ2) is 5.98. The summed E-state index contributed by atoms with van der Waals surface area (Å²) in [6.07, 6.45) is 6.23. The molecule has 0 amide bonds. The van der Waals surface area contributed by atoms with Gasteiger partial charge < -0.3 is 10.1 Å². The SMILES string of the molecule is CCCNc1nc(C2CC3CCC2O3)nc(CC)c1Br. The van der Waals surface area contributed by atoms with Gasteiger partial charge in [0.05, 0.1) is 22.4 Å². The summed E-state index contributed by atoms with van der Waals surface area (Å²) < 4.78 is 6.97. The zero-order valence-corrected chi connectivity index (χ0v) is 13.7. The normalized spacial score (nSPS) is 28.1. The van der Waals surface area contributed by atoms with E-state index in [1.807, 2.05) is 0 Å². The minimum absolute atomic E-state index is 0.338. The number of rotatable bonds is 5. The van der Waals surface area contributed by atoms with Crippen molar-refractivity contribution in [2.45, 2.75) is 64.1 Å². The van der Waals surface area contributed by atoms with E-state index in [1.54, 1.807) is 0 Å². The topological polar surface area (TPSA) is 47.0 Å². The molecule has 3 unspecified atom stereocenters. The Morgan fingerprint density at radius 1 is 1.30 bits per heavy atom. The summed E-state index contributed by atoms with van der Waals surface area (Å²) in [6, 6.07) is 0. The third-order valence-corrected chi connectivity index (χ3v) is 5.09. The predicted octanol–water partition coefficient (Wildman–Crippen LogP) is 3.66. The van der Waals surface area contributed by atoms with E-state index in [2.05, 4.69) is 35.1 Å². The molecule has 2 saturated heterocycles. The summed E-state index contributed by atoms with van der Waals surface area (Å²) >= 11 is 3.64. The first-order chi connectivity index (χ1) is 9.72. The van der Waals surface area contributed by atoms with Gasteiger partial charge in [0.15, 0.2) is 0 Å². The average Bonchev–Trinajstić information content (AvgIpc) is 3.09. The first-order valence-electron chi connectivity index (χ1n) is 7.68. The summed E-state index contributed by atoms with van der Waals surface area (Å²) in [5, 5.41) is 3.41. The Hall–Kier alpha value is -0.680. The van der Waals surface area contributed by atoms with Gasteiger partial charge in [-0.3, -0.25) is 0 Å². The lowest BCUT2D eigenvalue weighted by atomic mass is 9.88. The van der Waals surface area contributed by atoms with E-state index >= 15 is 0 Å². The second-order valence-corrected chi connectivity index (χ2v) is 6.48. The first kappa shape index (κ1) is 14.3. The molecular formula is C15H22BrN3O. The van der Waals surface area contributed by atoms with Gasteiger partial charge >= 0.3 is 0 Å². The van der Waals surface area contributed by atoms with E-state index in [9.17, 15) is 0 Å². The third kappa shape index (κ3) is 2.58. The number of halogens is 1. The number of aryl methyl sites for hydroxylation is 1. The molecule has 1 aromatic rings. The highest BCUT2D eigenvalue weighted by Gasteiger charge is 2.43. The largest absolute Gasteiger partial charge is 0.374 e. The summed E-state index contributed by atoms with van der Waals surface area (Å²) in [7, 11) is 0. The number of fused-ring (bicyclic) bond motifs is 2. The predicted molar refractivity (Wildman–Crippen MR) is 83.1 cm³/mol. The van der Waals surface area contributed by atoms with Crippen LogP contribution in [0, 0.1) is 0 Å². The Morgan fingerprint density at radius 3 is 2.75 bits per heavy atom. The summed E-state index contributed by atoms with van der Waals surface area (Å²) in [5.74, 6) is 2.29. The van der Waals surface area contributed by atoms with Crippen LogP contribution in [0.4, 0.5) is 5.82 Å². The fourth-order valence-corrected chi connectivity index (χ4v) is 3.78. The lowest BCUT2D eigenvalue weighted by Gasteiger charge is -2.19. The van der Waals surface area contributed by atoms with Crippen molar-refractivity contribution in [3.05, 3.63) is 16.0 Å². The molecule has 0 radical (unpaired) electrons. The number of nitrogens with zero attached hydrogens (tertiary/aromatic N) is 2. The molecule has 4 nitrogen and oxygen atoms in total. The van der Waals surface area contributed by atoms with Crippen molar-refractivity contribution in [1.82, 2.24) is 9.97 Å². The maximum atomic E-state index is 5.95. The molecule has 3 rings (SSSR count). The molecule has 2 aliphatic heterocycles. The van der Waals surface area contributed by atoms with Crippen LogP contribution in [0.15, 0.2) is 4.47 Å². The molecule has 0 aromatic carbocycles. The highest BCUT2D eigenvalue weighted by atomic mass is 79.9. The lowest BCUT2D eigenvalue weighted by molar-refractivity contribution is 0.0998. The van der Waals surface area contributed by atoms with Gasteiger partial charge in [-0.25, -0.2) is 9.97 Å². The lowest BCUT2D eigenvalue weighted by Crippen LogP contribution is -2.19. The van der Waals surface area contributed by atoms with Gasteiger partial charge in [0.25, 0.3) is 0 Å². The van der Waals surface area contributed by atoms with Crippen molar-refractivity contribution in [3.8, 4) is 0 Å². The van der Waals surface area contributed by atoms with Gasteiger partial charge in [0.2, 0.25) is 0 Å². The molecule has 110 valence electrons. The van der Waals surface area contributed by atoms with Gasteiger partial charge in [-0.15, -0.1) is 0 Å². The van der Waals surface area contributed by atoms with Gasteiger partial charge in [-0.2, -0.15) is 0 Å². The molecule has 2 aliphatic rings. The first-order valence-corrected chi connectivity index (χ1v) is 8.47. The second-order valence-electron chi connectivity index (χ2n) is 5.69. The Labute approximate surface area is 128 Å². The number of aromatic nitrogens is 2. The van der Waals surface area contributed by atoms with Crippen molar-refractivity contribution in [2.24, 2.45) is 0 Å². The molecule has 2 bridgehead atoms. The van der Waals surface area contributed by atoms with Crippen LogP contribution < -0.4 is 5.32 Å². The standard InChI is InChI=1S/C15H22BrN3O/c1-3-7-17-15-13(16)11(4-2)18-14(19-15)10-8-9-5-6-12(10)20-9/h9-10,12H,3-8H2,1-2H3,(H,17,18,19). The molecule has 0 aliphatic carbocycles. The van der Waals surface area contributed by atoms with Crippen LogP contribution in [0.25, 0.3) is 0 Å². The van der Waals surface area contributed by atoms with E-state index in [1.165, 1.54) is 6.42 Å². The molecule has 3 atom stereocenters. The van der Waals surface area contributed by atoms with Gasteiger partial charge in [-0.05, 0) is 48.0 Å². The van der Waals surface area contributed by atoms with Crippen LogP contribution >= 0.6 is 15.9 Å². The summed E-state index contributed by atoms with van der Waals surface area (Å²) in [6.45, 7) is 5.23. The van der Waals surface area contributed by atoms with Crippen LogP contribution in [-0.4, -0.2) is 28.7 Å². The zero-order valence-electron chi connectivity index (χ0n) is 12.2. The molecular weight excluding hydrogens is 318 g/mol. The molecule has 20 heavy (non-hydrogen) atoms. The maximum Gasteiger partial charge on any atom is 0.144 e. The van der Waals surface area contributed by atoms with E-state index < -0.39 is 0 Å². The minimum Gasteiger partial charge on any atom is -0.374 e. The van der Waals surface area contributed by atoms with Gasteiger partial charge in [-0.1, -0.05) is 13.8 Å². The maximum absolute atomic E-state index is 5.95. The molecule has 3 heterocycles. The Balaban J connectivity index is 1.90. The minimum atomic E-state index is 0.338.